The number of aliphatic hydroxyl groups excluding tert-OH is 1. The highest BCUT2D eigenvalue weighted by atomic mass is 16.6. The molecule has 0 saturated carbocycles. The van der Waals surface area contributed by atoms with Gasteiger partial charge < -0.3 is 23.8 Å². The van der Waals surface area contributed by atoms with Gasteiger partial charge in [0.15, 0.2) is 17.6 Å². The fraction of sp³-hybridized carbons (Fsp3) is 0.647. The monoisotopic (exact) mass is 310 g/mol. The van der Waals surface area contributed by atoms with Crippen molar-refractivity contribution in [3.8, 4) is 11.5 Å². The molecule has 5 heteroatoms. The average Bonchev–Trinajstić information content (AvgIpc) is 2.54. The summed E-state index contributed by atoms with van der Waals surface area (Å²) in [6.45, 7) is 8.22. The summed E-state index contributed by atoms with van der Waals surface area (Å²) in [5.41, 5.74) is 0. The molecule has 124 valence electrons. The first-order valence-corrected chi connectivity index (χ1v) is 8.04. The maximum absolute atomic E-state index is 10.1. The van der Waals surface area contributed by atoms with Gasteiger partial charge in [-0.3, -0.25) is 0 Å². The number of rotatable bonds is 8. The topological polar surface area (TPSA) is 47.9 Å². The number of hydrogen-bond donors (Lipinski definition) is 1. The van der Waals surface area contributed by atoms with Crippen LogP contribution in [0.25, 0.3) is 0 Å². The third-order valence-corrected chi connectivity index (χ3v) is 4.36. The van der Waals surface area contributed by atoms with Crippen LogP contribution in [0.1, 0.15) is 13.8 Å². The van der Waals surface area contributed by atoms with Crippen molar-refractivity contribution in [3.63, 3.8) is 0 Å². The lowest BCUT2D eigenvalue weighted by atomic mass is 10.2. The molecule has 1 aliphatic rings. The molecule has 0 amide bonds. The number of aliphatic hydroxyl groups is 1. The van der Waals surface area contributed by atoms with Crippen molar-refractivity contribution in [2.24, 2.45) is 0 Å². The smallest absolute Gasteiger partial charge is 0.161 e. The molecular weight excluding hydrogens is 282 g/mol. The number of likely N-dealkylation sites (N-methyl/N-ethyl adjacent to an activating group) is 1. The Hall–Kier alpha value is -1.30. The fourth-order valence-electron chi connectivity index (χ4n) is 2.52. The Morgan fingerprint density at radius 2 is 1.95 bits per heavy atom. The summed E-state index contributed by atoms with van der Waals surface area (Å²) in [6, 6.07) is 7.63. The maximum Gasteiger partial charge on any atom is 0.161 e. The summed E-state index contributed by atoms with van der Waals surface area (Å²) in [6.07, 6.45) is -0.581. The van der Waals surface area contributed by atoms with Crippen molar-refractivity contribution in [1.82, 2.24) is 0 Å². The lowest BCUT2D eigenvalue weighted by Gasteiger charge is -2.34. The minimum Gasteiger partial charge on any atom is -0.486 e. The zero-order chi connectivity index (χ0) is 16.0. The largest absolute Gasteiger partial charge is 0.486 e. The van der Waals surface area contributed by atoms with Crippen LogP contribution in [0.3, 0.4) is 0 Å². The number of para-hydroxylation sites is 2. The van der Waals surface area contributed by atoms with Gasteiger partial charge in [-0.05, 0) is 26.0 Å². The number of ether oxygens (including phenoxy) is 3. The van der Waals surface area contributed by atoms with E-state index in [4.69, 9.17) is 14.2 Å². The molecule has 2 atom stereocenters. The molecule has 0 radical (unpaired) electrons. The summed E-state index contributed by atoms with van der Waals surface area (Å²) < 4.78 is 17.9. The molecular formula is C17H28NO4+. The predicted octanol–water partition coefficient (Wildman–Crippen LogP) is 1.69. The molecule has 1 heterocycles. The molecule has 2 rings (SSSR count). The van der Waals surface area contributed by atoms with Crippen molar-refractivity contribution in [2.75, 3.05) is 46.5 Å². The minimum absolute atomic E-state index is 0.125. The van der Waals surface area contributed by atoms with E-state index in [0.717, 1.165) is 29.1 Å². The van der Waals surface area contributed by atoms with Gasteiger partial charge >= 0.3 is 0 Å². The van der Waals surface area contributed by atoms with E-state index in [1.807, 2.05) is 24.3 Å². The van der Waals surface area contributed by atoms with Crippen molar-refractivity contribution in [2.45, 2.75) is 26.1 Å². The van der Waals surface area contributed by atoms with Crippen LogP contribution in [0, 0.1) is 0 Å². The van der Waals surface area contributed by atoms with Gasteiger partial charge in [0.2, 0.25) is 0 Å². The molecule has 0 bridgehead atoms. The van der Waals surface area contributed by atoms with Crippen molar-refractivity contribution in [3.05, 3.63) is 24.3 Å². The van der Waals surface area contributed by atoms with Crippen LogP contribution < -0.4 is 9.47 Å². The fourth-order valence-corrected chi connectivity index (χ4v) is 2.52. The SMILES string of the molecule is CC[N+](C)(CC)C[C@@H](O)COC[C@@H]1COc2ccccc2O1. The third-order valence-electron chi connectivity index (χ3n) is 4.36. The summed E-state index contributed by atoms with van der Waals surface area (Å²) in [5, 5.41) is 10.1. The number of hydrogen-bond acceptors (Lipinski definition) is 4. The highest BCUT2D eigenvalue weighted by molar-refractivity contribution is 5.40. The Balaban J connectivity index is 1.71. The van der Waals surface area contributed by atoms with E-state index in [1.165, 1.54) is 0 Å². The van der Waals surface area contributed by atoms with Crippen molar-refractivity contribution >= 4 is 0 Å². The Labute approximate surface area is 133 Å². The van der Waals surface area contributed by atoms with Crippen LogP contribution in [0.2, 0.25) is 0 Å². The quantitative estimate of drug-likeness (QED) is 0.742. The van der Waals surface area contributed by atoms with Gasteiger partial charge in [0.1, 0.15) is 19.3 Å². The molecule has 0 fully saturated rings. The molecule has 1 aromatic carbocycles. The highest BCUT2D eigenvalue weighted by Gasteiger charge is 2.24. The summed E-state index contributed by atoms with van der Waals surface area (Å²) >= 11 is 0. The van der Waals surface area contributed by atoms with Gasteiger partial charge in [-0.1, -0.05) is 12.1 Å². The van der Waals surface area contributed by atoms with E-state index in [2.05, 4.69) is 20.9 Å². The van der Waals surface area contributed by atoms with Crippen LogP contribution in [-0.2, 0) is 4.74 Å². The van der Waals surface area contributed by atoms with Gasteiger partial charge in [-0.2, -0.15) is 0 Å². The van der Waals surface area contributed by atoms with Crippen molar-refractivity contribution < 1.29 is 23.8 Å². The Bertz CT molecular complexity index is 462. The summed E-state index contributed by atoms with van der Waals surface area (Å²) in [5.74, 6) is 1.53. The van der Waals surface area contributed by atoms with Gasteiger partial charge in [-0.15, -0.1) is 0 Å². The molecule has 1 N–H and O–H groups in total. The number of fused-ring (bicyclic) bond motifs is 1. The van der Waals surface area contributed by atoms with E-state index >= 15 is 0 Å². The molecule has 5 nitrogen and oxygen atoms in total. The number of benzene rings is 1. The van der Waals surface area contributed by atoms with E-state index in [9.17, 15) is 5.11 Å². The molecule has 0 unspecified atom stereocenters. The Kier molecular flexibility index (Phi) is 6.06. The van der Waals surface area contributed by atoms with Crippen LogP contribution in [0.15, 0.2) is 24.3 Å². The average molecular weight is 310 g/mol. The second-order valence-electron chi connectivity index (χ2n) is 6.12. The first kappa shape index (κ1) is 17.1. The van der Waals surface area contributed by atoms with Crippen LogP contribution >= 0.6 is 0 Å². The zero-order valence-electron chi connectivity index (χ0n) is 13.8. The highest BCUT2D eigenvalue weighted by Crippen LogP contribution is 2.30. The molecule has 22 heavy (non-hydrogen) atoms. The first-order chi connectivity index (χ1) is 10.6. The van der Waals surface area contributed by atoms with E-state index in [-0.39, 0.29) is 6.10 Å². The summed E-state index contributed by atoms with van der Waals surface area (Å²) in [7, 11) is 2.15. The molecule has 1 aromatic rings. The Morgan fingerprint density at radius 1 is 1.27 bits per heavy atom. The number of nitrogens with zero attached hydrogens (tertiary/aromatic N) is 1. The predicted molar refractivity (Wildman–Crippen MR) is 85.3 cm³/mol. The second kappa shape index (κ2) is 7.81. The molecule has 1 aliphatic heterocycles. The standard InChI is InChI=1S/C17H28NO4/c1-4-18(3,5-2)10-14(19)11-20-12-15-13-21-16-8-6-7-9-17(16)22-15/h6-9,14-15,19H,4-5,10-13H2,1-3H3/q+1/t14-,15-/m1/s1. The van der Waals surface area contributed by atoms with Gasteiger partial charge in [-0.25, -0.2) is 0 Å². The second-order valence-corrected chi connectivity index (χ2v) is 6.12. The maximum atomic E-state index is 10.1. The zero-order valence-corrected chi connectivity index (χ0v) is 13.8. The van der Waals surface area contributed by atoms with Crippen LogP contribution in [0.4, 0.5) is 0 Å². The molecule has 0 aromatic heterocycles. The Morgan fingerprint density at radius 3 is 2.64 bits per heavy atom. The van der Waals surface area contributed by atoms with E-state index in [1.54, 1.807) is 0 Å². The van der Waals surface area contributed by atoms with Crippen LogP contribution in [0.5, 0.6) is 11.5 Å². The number of quaternary nitrogens is 1. The van der Waals surface area contributed by atoms with Crippen molar-refractivity contribution in [1.29, 1.82) is 0 Å². The normalized spacial score (nSPS) is 19.0. The molecule has 0 saturated heterocycles. The molecule has 0 aliphatic carbocycles. The third kappa shape index (κ3) is 4.60. The lowest BCUT2D eigenvalue weighted by Crippen LogP contribution is -2.49. The summed E-state index contributed by atoms with van der Waals surface area (Å²) in [4.78, 5) is 0. The first-order valence-electron chi connectivity index (χ1n) is 8.04. The lowest BCUT2D eigenvalue weighted by molar-refractivity contribution is -0.909. The van der Waals surface area contributed by atoms with Gasteiger partial charge in [0, 0.05) is 0 Å². The van der Waals surface area contributed by atoms with E-state index < -0.39 is 6.10 Å². The van der Waals surface area contributed by atoms with Gasteiger partial charge in [0.25, 0.3) is 0 Å². The van der Waals surface area contributed by atoms with Gasteiger partial charge in [0.05, 0.1) is 33.4 Å². The molecule has 0 spiro atoms. The minimum atomic E-state index is -0.457. The van der Waals surface area contributed by atoms with E-state index in [0.29, 0.717) is 26.4 Å². The van der Waals surface area contributed by atoms with Crippen LogP contribution in [-0.4, -0.2) is 68.3 Å².